The minimum Gasteiger partial charge on any atom is -0.497 e. The van der Waals surface area contributed by atoms with Crippen LogP contribution in [0.3, 0.4) is 0 Å². The third kappa shape index (κ3) is 5.50. The Bertz CT molecular complexity index is 1040. The van der Waals surface area contributed by atoms with Crippen molar-refractivity contribution < 1.29 is 32.2 Å². The highest BCUT2D eigenvalue weighted by molar-refractivity contribution is 7.89. The van der Waals surface area contributed by atoms with E-state index in [9.17, 15) is 13.2 Å². The molecule has 0 saturated carbocycles. The molecule has 0 bridgehead atoms. The molecule has 1 N–H and O–H groups in total. The first-order valence-electron chi connectivity index (χ1n) is 10.3. The summed E-state index contributed by atoms with van der Waals surface area (Å²) in [5, 5.41) is 2.75. The van der Waals surface area contributed by atoms with Gasteiger partial charge in [-0.05, 0) is 36.8 Å². The first-order valence-corrected chi connectivity index (χ1v) is 11.7. The number of hydrogen-bond donors (Lipinski definition) is 1. The molecule has 2 aromatic rings. The lowest BCUT2D eigenvalue weighted by Crippen LogP contribution is -2.40. The smallest absolute Gasteiger partial charge is 0.265 e. The number of morpholine rings is 1. The van der Waals surface area contributed by atoms with E-state index in [0.717, 1.165) is 0 Å². The molecule has 9 nitrogen and oxygen atoms in total. The zero-order valence-electron chi connectivity index (χ0n) is 18.4. The third-order valence-electron chi connectivity index (χ3n) is 5.00. The van der Waals surface area contributed by atoms with Gasteiger partial charge >= 0.3 is 0 Å². The number of carbonyl (C=O) groups is 1. The SMILES string of the molecule is CCC(Oc1cccc(OC)c1)C(=O)Nc1ccc(OC)c(S(=O)(=O)N2CCOCC2)c1. The Hall–Kier alpha value is -2.82. The van der Waals surface area contributed by atoms with Crippen molar-refractivity contribution in [3.8, 4) is 17.2 Å². The molecule has 10 heteroatoms. The van der Waals surface area contributed by atoms with Gasteiger partial charge in [-0.15, -0.1) is 0 Å². The minimum absolute atomic E-state index is 0.0125. The van der Waals surface area contributed by atoms with Crippen molar-refractivity contribution in [3.05, 3.63) is 42.5 Å². The molecular weight excluding hydrogens is 436 g/mol. The van der Waals surface area contributed by atoms with E-state index < -0.39 is 22.0 Å². The van der Waals surface area contributed by atoms with Crippen molar-refractivity contribution in [2.75, 3.05) is 45.8 Å². The summed E-state index contributed by atoms with van der Waals surface area (Å²) in [6.45, 7) is 3.00. The second kappa shape index (κ2) is 10.7. The molecule has 1 aliphatic heterocycles. The lowest BCUT2D eigenvalue weighted by molar-refractivity contribution is -0.122. The van der Waals surface area contributed by atoms with E-state index in [4.69, 9.17) is 18.9 Å². The van der Waals surface area contributed by atoms with Crippen LogP contribution in [-0.4, -0.2) is 65.3 Å². The Morgan fingerprint density at radius 3 is 2.47 bits per heavy atom. The summed E-state index contributed by atoms with van der Waals surface area (Å²) >= 11 is 0. The standard InChI is InChI=1S/C22H28N2O7S/c1-4-19(31-18-7-5-6-17(15-18)28-2)22(25)23-16-8-9-20(29-3)21(14-16)32(26,27)24-10-12-30-13-11-24/h5-9,14-15,19H,4,10-13H2,1-3H3,(H,23,25). The van der Waals surface area contributed by atoms with Gasteiger partial charge in [-0.3, -0.25) is 4.79 Å². The number of methoxy groups -OCH3 is 2. The second-order valence-electron chi connectivity index (χ2n) is 7.07. The summed E-state index contributed by atoms with van der Waals surface area (Å²) in [7, 11) is -0.859. The van der Waals surface area contributed by atoms with Crippen LogP contribution in [0.25, 0.3) is 0 Å². The number of sulfonamides is 1. The fourth-order valence-electron chi connectivity index (χ4n) is 3.27. The van der Waals surface area contributed by atoms with Crippen molar-refractivity contribution >= 4 is 21.6 Å². The van der Waals surface area contributed by atoms with Gasteiger partial charge in [0, 0.05) is 24.8 Å². The zero-order chi connectivity index (χ0) is 23.1. The van der Waals surface area contributed by atoms with Crippen LogP contribution in [0, 0.1) is 0 Å². The molecule has 3 rings (SSSR count). The largest absolute Gasteiger partial charge is 0.497 e. The maximum absolute atomic E-state index is 13.1. The summed E-state index contributed by atoms with van der Waals surface area (Å²) in [6.07, 6.45) is -0.360. The topological polar surface area (TPSA) is 103 Å². The monoisotopic (exact) mass is 464 g/mol. The Balaban J connectivity index is 1.80. The molecule has 1 saturated heterocycles. The molecular formula is C22H28N2O7S. The van der Waals surface area contributed by atoms with Crippen LogP contribution in [0.2, 0.25) is 0 Å². The highest BCUT2D eigenvalue weighted by Crippen LogP contribution is 2.30. The van der Waals surface area contributed by atoms with E-state index in [-0.39, 0.29) is 23.7 Å². The van der Waals surface area contributed by atoms with Crippen molar-refractivity contribution in [1.82, 2.24) is 4.31 Å². The number of nitrogens with one attached hydrogen (secondary N) is 1. The van der Waals surface area contributed by atoms with E-state index in [1.807, 2.05) is 6.92 Å². The Morgan fingerprint density at radius 2 is 1.81 bits per heavy atom. The third-order valence-corrected chi connectivity index (χ3v) is 6.92. The molecule has 0 spiro atoms. The van der Waals surface area contributed by atoms with Gasteiger partial charge in [0.15, 0.2) is 6.10 Å². The molecule has 0 aromatic heterocycles. The normalized spacial score (nSPS) is 15.6. The number of carbonyl (C=O) groups excluding carboxylic acids is 1. The molecule has 32 heavy (non-hydrogen) atoms. The van der Waals surface area contributed by atoms with Crippen molar-refractivity contribution in [1.29, 1.82) is 0 Å². The fourth-order valence-corrected chi connectivity index (χ4v) is 4.86. The number of rotatable bonds is 9. The van der Waals surface area contributed by atoms with Crippen LogP contribution in [-0.2, 0) is 19.6 Å². The lowest BCUT2D eigenvalue weighted by Gasteiger charge is -2.27. The molecule has 1 aliphatic rings. The highest BCUT2D eigenvalue weighted by atomic mass is 32.2. The highest BCUT2D eigenvalue weighted by Gasteiger charge is 2.30. The number of ether oxygens (including phenoxy) is 4. The fraction of sp³-hybridized carbons (Fsp3) is 0.409. The number of anilines is 1. The van der Waals surface area contributed by atoms with E-state index in [0.29, 0.717) is 36.8 Å². The molecule has 1 amide bonds. The number of benzene rings is 2. The van der Waals surface area contributed by atoms with Gasteiger partial charge < -0.3 is 24.3 Å². The maximum Gasteiger partial charge on any atom is 0.265 e. The van der Waals surface area contributed by atoms with Crippen LogP contribution in [0.4, 0.5) is 5.69 Å². The van der Waals surface area contributed by atoms with Gasteiger partial charge in [0.2, 0.25) is 10.0 Å². The van der Waals surface area contributed by atoms with Crippen LogP contribution >= 0.6 is 0 Å². The molecule has 1 unspecified atom stereocenters. The molecule has 1 heterocycles. The van der Waals surface area contributed by atoms with Gasteiger partial charge in [-0.2, -0.15) is 4.31 Å². The van der Waals surface area contributed by atoms with Crippen LogP contribution in [0.5, 0.6) is 17.2 Å². The van der Waals surface area contributed by atoms with Crippen LogP contribution in [0.1, 0.15) is 13.3 Å². The summed E-state index contributed by atoms with van der Waals surface area (Å²) in [5.41, 5.74) is 0.329. The Labute approximate surface area is 188 Å². The van der Waals surface area contributed by atoms with Gasteiger partial charge in [0.1, 0.15) is 22.1 Å². The molecule has 2 aromatic carbocycles. The summed E-state index contributed by atoms with van der Waals surface area (Å²) < 4.78 is 49.1. The second-order valence-corrected chi connectivity index (χ2v) is 8.97. The first kappa shape index (κ1) is 23.8. The molecule has 1 atom stereocenters. The van der Waals surface area contributed by atoms with Crippen molar-refractivity contribution in [2.45, 2.75) is 24.3 Å². The van der Waals surface area contributed by atoms with E-state index >= 15 is 0 Å². The van der Waals surface area contributed by atoms with Crippen LogP contribution < -0.4 is 19.5 Å². The van der Waals surface area contributed by atoms with E-state index in [1.54, 1.807) is 37.4 Å². The zero-order valence-corrected chi connectivity index (χ0v) is 19.2. The van der Waals surface area contributed by atoms with E-state index in [2.05, 4.69) is 5.32 Å². The van der Waals surface area contributed by atoms with Gasteiger partial charge in [-0.1, -0.05) is 13.0 Å². The molecule has 1 fully saturated rings. The number of hydrogen-bond acceptors (Lipinski definition) is 7. The summed E-state index contributed by atoms with van der Waals surface area (Å²) in [4.78, 5) is 12.8. The van der Waals surface area contributed by atoms with Gasteiger partial charge in [0.25, 0.3) is 5.91 Å². The maximum atomic E-state index is 13.1. The quantitative estimate of drug-likeness (QED) is 0.608. The Kier molecular flexibility index (Phi) is 7.94. The molecule has 174 valence electrons. The van der Waals surface area contributed by atoms with Crippen LogP contribution in [0.15, 0.2) is 47.4 Å². The van der Waals surface area contributed by atoms with Crippen molar-refractivity contribution in [2.24, 2.45) is 0 Å². The van der Waals surface area contributed by atoms with Gasteiger partial charge in [0.05, 0.1) is 27.4 Å². The van der Waals surface area contributed by atoms with Crippen molar-refractivity contribution in [3.63, 3.8) is 0 Å². The predicted molar refractivity (Wildman–Crippen MR) is 119 cm³/mol. The average molecular weight is 465 g/mol. The molecule has 0 aliphatic carbocycles. The predicted octanol–water partition coefficient (Wildman–Crippen LogP) is 2.52. The number of amides is 1. The summed E-state index contributed by atoms with van der Waals surface area (Å²) in [6, 6.07) is 11.5. The Morgan fingerprint density at radius 1 is 1.09 bits per heavy atom. The average Bonchev–Trinajstić information content (AvgIpc) is 2.83. The minimum atomic E-state index is -3.81. The number of nitrogens with zero attached hydrogens (tertiary/aromatic N) is 1. The summed E-state index contributed by atoms with van der Waals surface area (Å²) in [5.74, 6) is 0.923. The first-order chi connectivity index (χ1) is 15.4. The van der Waals surface area contributed by atoms with E-state index in [1.165, 1.54) is 23.5 Å². The lowest BCUT2D eigenvalue weighted by atomic mass is 10.2. The molecule has 0 radical (unpaired) electrons. The van der Waals surface area contributed by atoms with Gasteiger partial charge in [-0.25, -0.2) is 8.42 Å².